The van der Waals surface area contributed by atoms with Crippen LogP contribution in [-0.2, 0) is 0 Å². The Morgan fingerprint density at radius 3 is 2.17 bits per heavy atom. The molecule has 1 rings (SSSR count). The van der Waals surface area contributed by atoms with Crippen molar-refractivity contribution < 1.29 is 0 Å². The molecule has 0 amide bonds. The molecule has 1 heterocycles. The summed E-state index contributed by atoms with van der Waals surface area (Å²) in [5, 5.41) is 0. The van der Waals surface area contributed by atoms with Crippen LogP contribution >= 0.6 is 0 Å². The van der Waals surface area contributed by atoms with Crippen LogP contribution in [0.15, 0.2) is 4.99 Å². The van der Waals surface area contributed by atoms with Crippen molar-refractivity contribution in [3.8, 4) is 0 Å². The standard InChI is InChI=1S/C9H19N3/c1-9(2,3)12-7-6-11(5)8(12)10-4/h6-7H2,1-5H3/b10-8+. The molecule has 3 nitrogen and oxygen atoms in total. The van der Waals surface area contributed by atoms with E-state index in [4.69, 9.17) is 0 Å². The van der Waals surface area contributed by atoms with Crippen molar-refractivity contribution in [2.24, 2.45) is 4.99 Å². The molecule has 0 aromatic carbocycles. The Morgan fingerprint density at radius 1 is 1.25 bits per heavy atom. The summed E-state index contributed by atoms with van der Waals surface area (Å²) < 4.78 is 0. The summed E-state index contributed by atoms with van der Waals surface area (Å²) in [6.45, 7) is 8.84. The minimum Gasteiger partial charge on any atom is -0.344 e. The van der Waals surface area contributed by atoms with Crippen LogP contribution < -0.4 is 0 Å². The smallest absolute Gasteiger partial charge is 0.196 e. The molecule has 3 heteroatoms. The Balaban J connectivity index is 2.81. The van der Waals surface area contributed by atoms with Crippen molar-refractivity contribution in [2.45, 2.75) is 26.3 Å². The van der Waals surface area contributed by atoms with Crippen LogP contribution in [-0.4, -0.2) is 48.5 Å². The summed E-state index contributed by atoms with van der Waals surface area (Å²) in [5.74, 6) is 1.11. The molecule has 70 valence electrons. The lowest BCUT2D eigenvalue weighted by molar-refractivity contribution is 0.258. The lowest BCUT2D eigenvalue weighted by Crippen LogP contribution is -2.44. The quantitative estimate of drug-likeness (QED) is 0.539. The third-order valence-corrected chi connectivity index (χ3v) is 2.25. The summed E-state index contributed by atoms with van der Waals surface area (Å²) in [4.78, 5) is 8.82. The lowest BCUT2D eigenvalue weighted by atomic mass is 10.1. The van der Waals surface area contributed by atoms with E-state index in [1.807, 2.05) is 7.05 Å². The van der Waals surface area contributed by atoms with E-state index < -0.39 is 0 Å². The first-order chi connectivity index (χ1) is 5.46. The van der Waals surface area contributed by atoms with Gasteiger partial charge in [0.15, 0.2) is 5.96 Å². The van der Waals surface area contributed by atoms with Gasteiger partial charge in [-0.3, -0.25) is 4.99 Å². The van der Waals surface area contributed by atoms with E-state index in [1.165, 1.54) is 0 Å². The van der Waals surface area contributed by atoms with Gasteiger partial charge in [0.1, 0.15) is 0 Å². The first-order valence-electron chi connectivity index (χ1n) is 4.42. The second-order valence-electron chi connectivity index (χ2n) is 4.27. The van der Waals surface area contributed by atoms with Gasteiger partial charge in [-0.2, -0.15) is 0 Å². The van der Waals surface area contributed by atoms with Crippen molar-refractivity contribution in [3.05, 3.63) is 0 Å². The number of hydrogen-bond acceptors (Lipinski definition) is 1. The number of nitrogens with zero attached hydrogens (tertiary/aromatic N) is 3. The SMILES string of the molecule is C/N=C1\N(C)CCN1C(C)(C)C. The third kappa shape index (κ3) is 1.54. The summed E-state index contributed by atoms with van der Waals surface area (Å²) in [6.07, 6.45) is 0. The molecule has 1 aliphatic rings. The van der Waals surface area contributed by atoms with Crippen LogP contribution in [0.2, 0.25) is 0 Å². The van der Waals surface area contributed by atoms with E-state index in [1.54, 1.807) is 0 Å². The molecule has 0 atom stereocenters. The fourth-order valence-corrected chi connectivity index (χ4v) is 1.58. The van der Waals surface area contributed by atoms with Crippen LogP contribution in [0.1, 0.15) is 20.8 Å². The topological polar surface area (TPSA) is 18.8 Å². The molecule has 1 saturated heterocycles. The fraction of sp³-hybridized carbons (Fsp3) is 0.889. The molecule has 0 saturated carbocycles. The van der Waals surface area contributed by atoms with Crippen LogP contribution in [0.5, 0.6) is 0 Å². The Bertz CT molecular complexity index is 190. The molecule has 0 N–H and O–H groups in total. The summed E-state index contributed by atoms with van der Waals surface area (Å²) >= 11 is 0. The summed E-state index contributed by atoms with van der Waals surface area (Å²) in [6, 6.07) is 0. The number of hydrogen-bond donors (Lipinski definition) is 0. The van der Waals surface area contributed by atoms with Gasteiger partial charge < -0.3 is 9.80 Å². The highest BCUT2D eigenvalue weighted by atomic mass is 15.4. The van der Waals surface area contributed by atoms with E-state index >= 15 is 0 Å². The monoisotopic (exact) mass is 169 g/mol. The maximum Gasteiger partial charge on any atom is 0.196 e. The number of aliphatic imine (C=N–C) groups is 1. The largest absolute Gasteiger partial charge is 0.344 e. The molecule has 1 fully saturated rings. The average molecular weight is 169 g/mol. The van der Waals surface area contributed by atoms with Crippen molar-refractivity contribution in [1.82, 2.24) is 9.80 Å². The Hall–Kier alpha value is -0.730. The molecule has 0 aromatic rings. The second-order valence-corrected chi connectivity index (χ2v) is 4.27. The zero-order valence-electron chi connectivity index (χ0n) is 8.76. The van der Waals surface area contributed by atoms with E-state index in [9.17, 15) is 0 Å². The van der Waals surface area contributed by atoms with Gasteiger partial charge in [-0.05, 0) is 20.8 Å². The van der Waals surface area contributed by atoms with Crippen LogP contribution in [0, 0.1) is 0 Å². The van der Waals surface area contributed by atoms with Gasteiger partial charge in [0.2, 0.25) is 0 Å². The molecular weight excluding hydrogens is 150 g/mol. The van der Waals surface area contributed by atoms with Gasteiger partial charge in [-0.15, -0.1) is 0 Å². The molecular formula is C9H19N3. The predicted octanol–water partition coefficient (Wildman–Crippen LogP) is 1.02. The molecule has 0 radical (unpaired) electrons. The Labute approximate surface area is 75.1 Å². The van der Waals surface area contributed by atoms with E-state index in [2.05, 4.69) is 42.6 Å². The second kappa shape index (κ2) is 2.96. The van der Waals surface area contributed by atoms with Crippen LogP contribution in [0.25, 0.3) is 0 Å². The maximum absolute atomic E-state index is 4.28. The average Bonchev–Trinajstić information content (AvgIpc) is 2.29. The molecule has 0 aromatic heterocycles. The van der Waals surface area contributed by atoms with Gasteiger partial charge >= 0.3 is 0 Å². The van der Waals surface area contributed by atoms with Gasteiger partial charge in [0, 0.05) is 32.7 Å². The maximum atomic E-state index is 4.28. The first-order valence-corrected chi connectivity index (χ1v) is 4.42. The fourth-order valence-electron chi connectivity index (χ4n) is 1.58. The lowest BCUT2D eigenvalue weighted by Gasteiger charge is -2.33. The highest BCUT2D eigenvalue weighted by Crippen LogP contribution is 2.19. The summed E-state index contributed by atoms with van der Waals surface area (Å²) in [5.41, 5.74) is 0.194. The molecule has 0 unspecified atom stereocenters. The number of likely N-dealkylation sites (N-methyl/N-ethyl adjacent to an activating group) is 1. The Kier molecular flexibility index (Phi) is 2.31. The first kappa shape index (κ1) is 9.36. The molecule has 12 heavy (non-hydrogen) atoms. The molecule has 0 bridgehead atoms. The van der Waals surface area contributed by atoms with Gasteiger partial charge in [-0.1, -0.05) is 0 Å². The Morgan fingerprint density at radius 2 is 1.83 bits per heavy atom. The molecule has 0 spiro atoms. The van der Waals surface area contributed by atoms with Crippen molar-refractivity contribution >= 4 is 5.96 Å². The van der Waals surface area contributed by atoms with Crippen LogP contribution in [0.4, 0.5) is 0 Å². The van der Waals surface area contributed by atoms with Gasteiger partial charge in [0.25, 0.3) is 0 Å². The minimum atomic E-state index is 0.194. The summed E-state index contributed by atoms with van der Waals surface area (Å²) in [7, 11) is 3.95. The van der Waals surface area contributed by atoms with Crippen molar-refractivity contribution in [1.29, 1.82) is 0 Å². The van der Waals surface area contributed by atoms with E-state index in [0.717, 1.165) is 19.0 Å². The molecule has 0 aliphatic carbocycles. The van der Waals surface area contributed by atoms with Crippen molar-refractivity contribution in [2.75, 3.05) is 27.2 Å². The van der Waals surface area contributed by atoms with Gasteiger partial charge in [-0.25, -0.2) is 0 Å². The highest BCUT2D eigenvalue weighted by Gasteiger charge is 2.31. The molecule has 1 aliphatic heterocycles. The predicted molar refractivity (Wildman–Crippen MR) is 52.4 cm³/mol. The zero-order chi connectivity index (χ0) is 9.35. The normalized spacial score (nSPS) is 22.6. The number of guanidine groups is 1. The van der Waals surface area contributed by atoms with E-state index in [0.29, 0.717) is 0 Å². The number of rotatable bonds is 0. The van der Waals surface area contributed by atoms with Crippen molar-refractivity contribution in [3.63, 3.8) is 0 Å². The van der Waals surface area contributed by atoms with E-state index in [-0.39, 0.29) is 5.54 Å². The van der Waals surface area contributed by atoms with Gasteiger partial charge in [0.05, 0.1) is 0 Å². The highest BCUT2D eigenvalue weighted by molar-refractivity contribution is 5.82. The zero-order valence-corrected chi connectivity index (χ0v) is 8.76. The third-order valence-electron chi connectivity index (χ3n) is 2.25. The van der Waals surface area contributed by atoms with Crippen LogP contribution in [0.3, 0.4) is 0 Å². The minimum absolute atomic E-state index is 0.194.